The summed E-state index contributed by atoms with van der Waals surface area (Å²) in [5, 5.41) is 0. The molecule has 1 saturated carbocycles. The predicted molar refractivity (Wildman–Crippen MR) is 48.8 cm³/mol. The maximum Gasteiger partial charge on any atom is 0.136 e. The number of ketones is 1. The van der Waals surface area contributed by atoms with Crippen LogP contribution in [0.1, 0.15) is 32.6 Å². The second kappa shape index (κ2) is 3.04. The maximum absolute atomic E-state index is 11.6. The highest BCUT2D eigenvalue weighted by molar-refractivity contribution is 5.82. The number of hydrogen-bond acceptors (Lipinski definition) is 1. The zero-order chi connectivity index (χ0) is 8.55. The largest absolute Gasteiger partial charge is 0.299 e. The molecule has 66 valence electrons. The van der Waals surface area contributed by atoms with Crippen molar-refractivity contribution < 1.29 is 4.79 Å². The smallest absolute Gasteiger partial charge is 0.136 e. The Morgan fingerprint density at radius 2 is 2.08 bits per heavy atom. The van der Waals surface area contributed by atoms with Crippen molar-refractivity contribution in [3.05, 3.63) is 12.2 Å². The molecular weight excluding hydrogens is 148 g/mol. The van der Waals surface area contributed by atoms with Crippen LogP contribution in [-0.2, 0) is 4.79 Å². The van der Waals surface area contributed by atoms with Gasteiger partial charge in [-0.15, -0.1) is 0 Å². The Morgan fingerprint density at radius 1 is 1.33 bits per heavy atom. The topological polar surface area (TPSA) is 17.1 Å². The van der Waals surface area contributed by atoms with Crippen molar-refractivity contribution in [1.29, 1.82) is 0 Å². The number of fused-ring (bicyclic) bond motifs is 1. The summed E-state index contributed by atoms with van der Waals surface area (Å²) < 4.78 is 0. The van der Waals surface area contributed by atoms with Crippen molar-refractivity contribution in [2.75, 3.05) is 0 Å². The first-order valence-corrected chi connectivity index (χ1v) is 4.95. The van der Waals surface area contributed by atoms with Crippen LogP contribution in [0.25, 0.3) is 0 Å². The van der Waals surface area contributed by atoms with Gasteiger partial charge in [-0.05, 0) is 31.1 Å². The Morgan fingerprint density at radius 3 is 2.92 bits per heavy atom. The monoisotopic (exact) mass is 164 g/mol. The van der Waals surface area contributed by atoms with E-state index in [4.69, 9.17) is 0 Å². The molecule has 0 unspecified atom stereocenters. The fraction of sp³-hybridized carbons (Fsp3) is 0.727. The van der Waals surface area contributed by atoms with Gasteiger partial charge in [0.25, 0.3) is 0 Å². The Kier molecular flexibility index (Phi) is 2.03. The second-order valence-corrected chi connectivity index (χ2v) is 4.32. The Bertz CT molecular complexity index is 217. The van der Waals surface area contributed by atoms with Gasteiger partial charge >= 0.3 is 0 Å². The molecule has 0 bridgehead atoms. The minimum atomic E-state index is 0.381. The molecule has 0 aromatic rings. The first-order valence-electron chi connectivity index (χ1n) is 4.95. The normalized spacial score (nSPS) is 41.1. The van der Waals surface area contributed by atoms with E-state index < -0.39 is 0 Å². The van der Waals surface area contributed by atoms with Crippen LogP contribution in [0.4, 0.5) is 0 Å². The standard InChI is InChI=1S/C11H16O/c1-8-6-9-4-2-3-5-10(9)11(12)7-8/h2-3,8-10H,4-7H2,1H3/t8-,9-,10-/m0/s1. The lowest BCUT2D eigenvalue weighted by Crippen LogP contribution is -2.32. The molecule has 0 saturated heterocycles. The molecule has 1 fully saturated rings. The lowest BCUT2D eigenvalue weighted by atomic mass is 9.69. The number of hydrogen-bond donors (Lipinski definition) is 0. The molecule has 0 aliphatic heterocycles. The average Bonchev–Trinajstić information content (AvgIpc) is 2.04. The van der Waals surface area contributed by atoms with Gasteiger partial charge < -0.3 is 0 Å². The van der Waals surface area contributed by atoms with E-state index in [-0.39, 0.29) is 0 Å². The lowest BCUT2D eigenvalue weighted by Gasteiger charge is -2.34. The minimum absolute atomic E-state index is 0.381. The first-order chi connectivity index (χ1) is 5.77. The third-order valence-electron chi connectivity index (χ3n) is 3.23. The fourth-order valence-corrected chi connectivity index (χ4v) is 2.62. The third kappa shape index (κ3) is 1.33. The Balaban J connectivity index is 2.13. The molecule has 0 amide bonds. The summed E-state index contributed by atoms with van der Waals surface area (Å²) in [6, 6.07) is 0. The van der Waals surface area contributed by atoms with E-state index in [1.807, 2.05) is 0 Å². The zero-order valence-corrected chi connectivity index (χ0v) is 7.62. The van der Waals surface area contributed by atoms with Crippen LogP contribution in [0.2, 0.25) is 0 Å². The predicted octanol–water partition coefficient (Wildman–Crippen LogP) is 2.57. The van der Waals surface area contributed by atoms with Gasteiger partial charge in [-0.3, -0.25) is 4.79 Å². The molecule has 1 heteroatoms. The van der Waals surface area contributed by atoms with Crippen LogP contribution in [-0.4, -0.2) is 5.78 Å². The molecule has 2 aliphatic carbocycles. The second-order valence-electron chi connectivity index (χ2n) is 4.32. The summed E-state index contributed by atoms with van der Waals surface area (Å²) in [6.45, 7) is 2.20. The van der Waals surface area contributed by atoms with E-state index in [2.05, 4.69) is 19.1 Å². The number of allylic oxidation sites excluding steroid dienone is 2. The SMILES string of the molecule is C[C@@H]1CC(=O)[C@H]2CC=CC[C@H]2C1. The first kappa shape index (κ1) is 8.03. The molecule has 12 heavy (non-hydrogen) atoms. The van der Waals surface area contributed by atoms with Crippen LogP contribution in [0.15, 0.2) is 12.2 Å². The molecule has 0 N–H and O–H groups in total. The van der Waals surface area contributed by atoms with Gasteiger partial charge in [-0.2, -0.15) is 0 Å². The van der Waals surface area contributed by atoms with Crippen molar-refractivity contribution in [2.24, 2.45) is 17.8 Å². The van der Waals surface area contributed by atoms with Gasteiger partial charge in [0.05, 0.1) is 0 Å². The van der Waals surface area contributed by atoms with E-state index in [1.54, 1.807) is 0 Å². The highest BCUT2D eigenvalue weighted by Crippen LogP contribution is 2.37. The van der Waals surface area contributed by atoms with Gasteiger partial charge in [0, 0.05) is 12.3 Å². The van der Waals surface area contributed by atoms with Gasteiger partial charge in [0.2, 0.25) is 0 Å². The van der Waals surface area contributed by atoms with Crippen LogP contribution < -0.4 is 0 Å². The minimum Gasteiger partial charge on any atom is -0.299 e. The quantitative estimate of drug-likeness (QED) is 0.503. The number of carbonyl (C=O) groups is 1. The number of Topliss-reactive ketones (excluding diaryl/α,β-unsaturated/α-hetero) is 1. The highest BCUT2D eigenvalue weighted by atomic mass is 16.1. The van der Waals surface area contributed by atoms with E-state index >= 15 is 0 Å². The zero-order valence-electron chi connectivity index (χ0n) is 7.62. The van der Waals surface area contributed by atoms with E-state index in [0.717, 1.165) is 19.3 Å². The Hall–Kier alpha value is -0.590. The molecule has 1 nitrogen and oxygen atoms in total. The molecule has 0 spiro atoms. The maximum atomic E-state index is 11.6. The van der Waals surface area contributed by atoms with Crippen LogP contribution in [0, 0.1) is 17.8 Å². The van der Waals surface area contributed by atoms with Gasteiger partial charge in [0.15, 0.2) is 0 Å². The molecule has 0 aromatic heterocycles. The van der Waals surface area contributed by atoms with Gasteiger partial charge in [-0.25, -0.2) is 0 Å². The summed E-state index contributed by atoms with van der Waals surface area (Å²) in [7, 11) is 0. The van der Waals surface area contributed by atoms with E-state index in [9.17, 15) is 4.79 Å². The number of rotatable bonds is 0. The summed E-state index contributed by atoms with van der Waals surface area (Å²) in [5.74, 6) is 2.20. The summed E-state index contributed by atoms with van der Waals surface area (Å²) in [6.07, 6.45) is 8.66. The van der Waals surface area contributed by atoms with Crippen LogP contribution >= 0.6 is 0 Å². The van der Waals surface area contributed by atoms with Crippen molar-refractivity contribution in [3.63, 3.8) is 0 Å². The van der Waals surface area contributed by atoms with Crippen LogP contribution in [0.3, 0.4) is 0 Å². The molecule has 2 aliphatic rings. The third-order valence-corrected chi connectivity index (χ3v) is 3.23. The fourth-order valence-electron chi connectivity index (χ4n) is 2.62. The average molecular weight is 164 g/mol. The van der Waals surface area contributed by atoms with Crippen molar-refractivity contribution in [1.82, 2.24) is 0 Å². The summed E-state index contributed by atoms with van der Waals surface area (Å²) in [4.78, 5) is 11.6. The van der Waals surface area contributed by atoms with E-state index in [1.165, 1.54) is 6.42 Å². The number of carbonyl (C=O) groups excluding carboxylic acids is 1. The Labute approximate surface area is 73.8 Å². The van der Waals surface area contributed by atoms with Crippen molar-refractivity contribution in [3.8, 4) is 0 Å². The molecular formula is C11H16O. The molecule has 3 atom stereocenters. The molecule has 0 radical (unpaired) electrons. The summed E-state index contributed by atoms with van der Waals surface area (Å²) >= 11 is 0. The molecule has 0 heterocycles. The highest BCUT2D eigenvalue weighted by Gasteiger charge is 2.34. The lowest BCUT2D eigenvalue weighted by molar-refractivity contribution is -0.128. The van der Waals surface area contributed by atoms with Crippen LogP contribution in [0.5, 0.6) is 0 Å². The molecule has 2 rings (SSSR count). The van der Waals surface area contributed by atoms with E-state index in [0.29, 0.717) is 23.5 Å². The molecule has 0 aromatic carbocycles. The summed E-state index contributed by atoms with van der Waals surface area (Å²) in [5.41, 5.74) is 0. The van der Waals surface area contributed by atoms with Gasteiger partial charge in [-0.1, -0.05) is 19.1 Å². The van der Waals surface area contributed by atoms with Crippen molar-refractivity contribution >= 4 is 5.78 Å². The van der Waals surface area contributed by atoms with Crippen molar-refractivity contribution in [2.45, 2.75) is 32.6 Å². The van der Waals surface area contributed by atoms with Gasteiger partial charge in [0.1, 0.15) is 5.78 Å².